The molecule has 0 saturated carbocycles. The van der Waals surface area contributed by atoms with Crippen LogP contribution in [0.15, 0.2) is 47.0 Å². The van der Waals surface area contributed by atoms with Crippen LogP contribution < -0.4 is 4.74 Å². The summed E-state index contributed by atoms with van der Waals surface area (Å²) in [6, 6.07) is 13.5. The Morgan fingerprint density at radius 2 is 2.00 bits per heavy atom. The number of nitrogens with zero attached hydrogens (tertiary/aromatic N) is 3. The molecule has 0 spiro atoms. The van der Waals surface area contributed by atoms with Gasteiger partial charge in [-0.15, -0.1) is 0 Å². The summed E-state index contributed by atoms with van der Waals surface area (Å²) in [4.78, 5) is 18.5. The summed E-state index contributed by atoms with van der Waals surface area (Å²) in [6.07, 6.45) is 0.347. The van der Waals surface area contributed by atoms with Gasteiger partial charge in [0.15, 0.2) is 0 Å². The zero-order valence-corrected chi connectivity index (χ0v) is 16.0. The maximum absolute atomic E-state index is 12.5. The van der Waals surface area contributed by atoms with Crippen molar-refractivity contribution in [3.8, 4) is 17.1 Å². The molecule has 0 aliphatic heterocycles. The van der Waals surface area contributed by atoms with E-state index < -0.39 is 0 Å². The summed E-state index contributed by atoms with van der Waals surface area (Å²) < 4.78 is 10.5. The standard InChI is InChI=1S/C21H23N3O3/c1-14-8-9-16(15(2)10-14)12-20(25)24(3)13-19-22-21(23-27-19)17-6-5-7-18(11-17)26-4/h5-11H,12-13H2,1-4H3. The maximum Gasteiger partial charge on any atom is 0.246 e. The van der Waals surface area contributed by atoms with Crippen LogP contribution in [-0.2, 0) is 17.8 Å². The van der Waals surface area contributed by atoms with E-state index in [-0.39, 0.29) is 12.5 Å². The SMILES string of the molecule is COc1cccc(-c2noc(CN(C)C(=O)Cc3ccc(C)cc3C)n2)c1. The van der Waals surface area contributed by atoms with Crippen LogP contribution in [0.1, 0.15) is 22.6 Å². The van der Waals surface area contributed by atoms with Gasteiger partial charge >= 0.3 is 0 Å². The molecule has 0 radical (unpaired) electrons. The number of aryl methyl sites for hydroxylation is 2. The van der Waals surface area contributed by atoms with Crippen molar-refractivity contribution in [2.45, 2.75) is 26.8 Å². The Labute approximate surface area is 158 Å². The first-order chi connectivity index (χ1) is 13.0. The first-order valence-electron chi connectivity index (χ1n) is 8.73. The number of aromatic nitrogens is 2. The van der Waals surface area contributed by atoms with E-state index in [9.17, 15) is 4.79 Å². The Morgan fingerprint density at radius 3 is 2.74 bits per heavy atom. The van der Waals surface area contributed by atoms with Gasteiger partial charge in [0.05, 0.1) is 20.1 Å². The van der Waals surface area contributed by atoms with Gasteiger partial charge in [-0.05, 0) is 37.1 Å². The zero-order valence-electron chi connectivity index (χ0n) is 16.0. The molecule has 0 aliphatic carbocycles. The number of hydrogen-bond donors (Lipinski definition) is 0. The molecule has 0 aliphatic rings. The average Bonchev–Trinajstić information content (AvgIpc) is 3.12. The summed E-state index contributed by atoms with van der Waals surface area (Å²) in [7, 11) is 3.35. The molecule has 2 aromatic carbocycles. The Kier molecular flexibility index (Phi) is 5.54. The smallest absolute Gasteiger partial charge is 0.246 e. The zero-order chi connectivity index (χ0) is 19.4. The average molecular weight is 365 g/mol. The third-order valence-electron chi connectivity index (χ3n) is 4.43. The molecule has 0 atom stereocenters. The molecule has 3 aromatic rings. The summed E-state index contributed by atoms with van der Waals surface area (Å²) in [5, 5.41) is 4.00. The molecule has 27 heavy (non-hydrogen) atoms. The summed E-state index contributed by atoms with van der Waals surface area (Å²) in [6.45, 7) is 4.33. The summed E-state index contributed by atoms with van der Waals surface area (Å²) >= 11 is 0. The van der Waals surface area contributed by atoms with Gasteiger partial charge in [0, 0.05) is 12.6 Å². The number of carbonyl (C=O) groups is 1. The molecular formula is C21H23N3O3. The first-order valence-corrected chi connectivity index (χ1v) is 8.73. The second-order valence-corrected chi connectivity index (χ2v) is 6.60. The highest BCUT2D eigenvalue weighted by atomic mass is 16.5. The number of carbonyl (C=O) groups excluding carboxylic acids is 1. The minimum Gasteiger partial charge on any atom is -0.497 e. The summed E-state index contributed by atoms with van der Waals surface area (Å²) in [5.74, 6) is 1.59. The third-order valence-corrected chi connectivity index (χ3v) is 4.43. The van der Waals surface area contributed by atoms with Crippen molar-refractivity contribution in [1.29, 1.82) is 0 Å². The molecule has 140 valence electrons. The van der Waals surface area contributed by atoms with Crippen molar-refractivity contribution in [1.82, 2.24) is 15.0 Å². The molecule has 0 saturated heterocycles. The normalized spacial score (nSPS) is 10.7. The fourth-order valence-electron chi connectivity index (χ4n) is 2.83. The lowest BCUT2D eigenvalue weighted by atomic mass is 10.0. The van der Waals surface area contributed by atoms with Gasteiger partial charge in [0.2, 0.25) is 17.6 Å². The molecule has 1 aromatic heterocycles. The van der Waals surface area contributed by atoms with E-state index >= 15 is 0 Å². The van der Waals surface area contributed by atoms with Crippen LogP contribution in [0.25, 0.3) is 11.4 Å². The molecular weight excluding hydrogens is 342 g/mol. The van der Waals surface area contributed by atoms with E-state index in [4.69, 9.17) is 9.26 Å². The second kappa shape index (κ2) is 8.03. The van der Waals surface area contributed by atoms with Crippen LogP contribution in [0, 0.1) is 13.8 Å². The Bertz CT molecular complexity index is 949. The predicted octanol–water partition coefficient (Wildman–Crippen LogP) is 3.56. The number of likely N-dealkylation sites (N-methyl/N-ethyl adjacent to an activating group) is 1. The number of methoxy groups -OCH3 is 1. The number of benzene rings is 2. The number of amides is 1. The van der Waals surface area contributed by atoms with Crippen molar-refractivity contribution in [3.05, 3.63) is 65.0 Å². The molecule has 0 fully saturated rings. The molecule has 1 amide bonds. The van der Waals surface area contributed by atoms with Crippen molar-refractivity contribution in [2.24, 2.45) is 0 Å². The lowest BCUT2D eigenvalue weighted by Crippen LogP contribution is -2.28. The Balaban J connectivity index is 1.66. The Hall–Kier alpha value is -3.15. The highest BCUT2D eigenvalue weighted by Gasteiger charge is 2.16. The lowest BCUT2D eigenvalue weighted by Gasteiger charge is -2.15. The van der Waals surface area contributed by atoms with Crippen LogP contribution in [0.3, 0.4) is 0 Å². The van der Waals surface area contributed by atoms with Gasteiger partial charge in [0.1, 0.15) is 5.75 Å². The van der Waals surface area contributed by atoms with Crippen LogP contribution in [0.2, 0.25) is 0 Å². The monoisotopic (exact) mass is 365 g/mol. The molecule has 0 bridgehead atoms. The van der Waals surface area contributed by atoms with Crippen molar-refractivity contribution in [3.63, 3.8) is 0 Å². The summed E-state index contributed by atoms with van der Waals surface area (Å²) in [5.41, 5.74) is 4.14. The number of rotatable bonds is 6. The molecule has 0 N–H and O–H groups in total. The molecule has 6 heteroatoms. The van der Waals surface area contributed by atoms with Crippen LogP contribution in [0.4, 0.5) is 0 Å². The van der Waals surface area contributed by atoms with Gasteiger partial charge in [-0.25, -0.2) is 0 Å². The number of ether oxygens (including phenoxy) is 1. The van der Waals surface area contributed by atoms with Gasteiger partial charge in [-0.2, -0.15) is 4.98 Å². The van der Waals surface area contributed by atoms with Gasteiger partial charge in [-0.3, -0.25) is 4.79 Å². The third kappa shape index (κ3) is 4.53. The van der Waals surface area contributed by atoms with Crippen molar-refractivity contribution >= 4 is 5.91 Å². The van der Waals surface area contributed by atoms with Crippen LogP contribution in [0.5, 0.6) is 5.75 Å². The molecule has 6 nitrogen and oxygen atoms in total. The van der Waals surface area contributed by atoms with E-state index in [0.717, 1.165) is 22.4 Å². The van der Waals surface area contributed by atoms with Gasteiger partial charge in [0.25, 0.3) is 0 Å². The van der Waals surface area contributed by atoms with Gasteiger partial charge < -0.3 is 14.2 Å². The van der Waals surface area contributed by atoms with E-state index in [0.29, 0.717) is 18.1 Å². The van der Waals surface area contributed by atoms with Crippen LogP contribution >= 0.6 is 0 Å². The maximum atomic E-state index is 12.5. The highest BCUT2D eigenvalue weighted by molar-refractivity contribution is 5.78. The van der Waals surface area contributed by atoms with Crippen LogP contribution in [-0.4, -0.2) is 35.1 Å². The van der Waals surface area contributed by atoms with E-state index in [1.165, 1.54) is 5.56 Å². The minimum absolute atomic E-state index is 0.00286. The molecule has 3 rings (SSSR count). The fourth-order valence-corrected chi connectivity index (χ4v) is 2.83. The largest absolute Gasteiger partial charge is 0.497 e. The minimum atomic E-state index is 0.00286. The quantitative estimate of drug-likeness (QED) is 0.668. The van der Waals surface area contributed by atoms with E-state index in [1.54, 1.807) is 19.1 Å². The first kappa shape index (κ1) is 18.6. The van der Waals surface area contributed by atoms with Crippen molar-refractivity contribution in [2.75, 3.05) is 14.2 Å². The highest BCUT2D eigenvalue weighted by Crippen LogP contribution is 2.21. The predicted molar refractivity (Wildman–Crippen MR) is 102 cm³/mol. The van der Waals surface area contributed by atoms with Crippen molar-refractivity contribution < 1.29 is 14.1 Å². The lowest BCUT2D eigenvalue weighted by molar-refractivity contribution is -0.130. The molecule has 0 unspecified atom stereocenters. The fraction of sp³-hybridized carbons (Fsp3) is 0.286. The van der Waals surface area contributed by atoms with E-state index in [1.807, 2.05) is 50.2 Å². The Morgan fingerprint density at radius 1 is 1.19 bits per heavy atom. The topological polar surface area (TPSA) is 68.5 Å². The second-order valence-electron chi connectivity index (χ2n) is 6.60. The molecule has 1 heterocycles. The van der Waals surface area contributed by atoms with Gasteiger partial charge in [-0.1, -0.05) is 41.1 Å². The number of hydrogen-bond acceptors (Lipinski definition) is 5. The van der Waals surface area contributed by atoms with E-state index in [2.05, 4.69) is 16.2 Å².